The number of rotatable bonds is 10. The Bertz CT molecular complexity index is 824. The summed E-state index contributed by atoms with van der Waals surface area (Å²) in [6.45, 7) is 4.12. The Morgan fingerprint density at radius 3 is 2.70 bits per heavy atom. The van der Waals surface area contributed by atoms with E-state index in [2.05, 4.69) is 25.9 Å². The van der Waals surface area contributed by atoms with Gasteiger partial charge in [0, 0.05) is 18.7 Å². The number of aromatic amines is 1. The molecule has 1 aliphatic heterocycles. The average Bonchev–Trinajstić information content (AvgIpc) is 3.09. The molecule has 0 radical (unpaired) electrons. The molecule has 2 rings (SSSR count). The molecule has 0 aromatic carbocycles. The molecule has 3 amide bonds. The van der Waals surface area contributed by atoms with Gasteiger partial charge in [0.15, 0.2) is 0 Å². The SMILES string of the molecule is CC(C)C[C@H](NC(=O)OCc1ccnc(=O)[nH]1)C(=O)N[C@H](C=O)C[C@@H]1CCNC1=O. The van der Waals surface area contributed by atoms with Crippen LogP contribution in [0.1, 0.15) is 38.8 Å². The molecular weight excluding hydrogens is 394 g/mol. The third kappa shape index (κ3) is 7.30. The maximum absolute atomic E-state index is 12.7. The van der Waals surface area contributed by atoms with Gasteiger partial charge in [0.05, 0.1) is 11.7 Å². The van der Waals surface area contributed by atoms with Crippen molar-refractivity contribution in [2.24, 2.45) is 11.8 Å². The molecule has 0 saturated carbocycles. The number of alkyl carbamates (subject to hydrolysis) is 1. The Morgan fingerprint density at radius 1 is 1.33 bits per heavy atom. The second-order valence-electron chi connectivity index (χ2n) is 7.57. The molecule has 1 aromatic heterocycles. The van der Waals surface area contributed by atoms with E-state index in [1.807, 2.05) is 13.8 Å². The van der Waals surface area contributed by atoms with Crippen LogP contribution in [-0.2, 0) is 25.7 Å². The van der Waals surface area contributed by atoms with E-state index >= 15 is 0 Å². The highest BCUT2D eigenvalue weighted by Gasteiger charge is 2.30. The zero-order valence-electron chi connectivity index (χ0n) is 17.0. The molecule has 4 N–H and O–H groups in total. The lowest BCUT2D eigenvalue weighted by Gasteiger charge is -2.22. The van der Waals surface area contributed by atoms with Gasteiger partial charge >= 0.3 is 11.8 Å². The van der Waals surface area contributed by atoms with Crippen molar-refractivity contribution in [3.05, 3.63) is 28.4 Å². The number of aromatic nitrogens is 2. The van der Waals surface area contributed by atoms with Crippen LogP contribution in [0.5, 0.6) is 0 Å². The van der Waals surface area contributed by atoms with Gasteiger partial charge in [0.1, 0.15) is 18.9 Å². The van der Waals surface area contributed by atoms with Crippen LogP contribution in [0.25, 0.3) is 0 Å². The second kappa shape index (κ2) is 11.1. The van der Waals surface area contributed by atoms with Crippen LogP contribution in [0.15, 0.2) is 17.1 Å². The van der Waals surface area contributed by atoms with Crippen LogP contribution >= 0.6 is 0 Å². The quantitative estimate of drug-likeness (QED) is 0.375. The molecule has 1 saturated heterocycles. The predicted octanol–water partition coefficient (Wildman–Crippen LogP) is -0.379. The molecule has 11 nitrogen and oxygen atoms in total. The van der Waals surface area contributed by atoms with Crippen molar-refractivity contribution in [2.75, 3.05) is 6.54 Å². The molecule has 1 aromatic rings. The molecule has 2 heterocycles. The van der Waals surface area contributed by atoms with E-state index in [0.29, 0.717) is 31.4 Å². The van der Waals surface area contributed by atoms with E-state index in [-0.39, 0.29) is 30.8 Å². The standard InChI is InChI=1S/C19H27N5O6/c1-11(2)7-15(24-19(29)30-10-13-4-6-21-18(28)23-13)17(27)22-14(9-25)8-12-3-5-20-16(12)26/h4,6,9,11-12,14-15H,3,5,7-8,10H2,1-2H3,(H,20,26)(H,22,27)(H,24,29)(H,21,23,28)/t12-,14-,15-/m0/s1. The van der Waals surface area contributed by atoms with E-state index in [4.69, 9.17) is 4.74 Å². The molecule has 0 spiro atoms. The second-order valence-corrected chi connectivity index (χ2v) is 7.57. The summed E-state index contributed by atoms with van der Waals surface area (Å²) in [5, 5.41) is 7.77. The van der Waals surface area contributed by atoms with Crippen LogP contribution < -0.4 is 21.6 Å². The monoisotopic (exact) mass is 421 g/mol. The zero-order valence-corrected chi connectivity index (χ0v) is 17.0. The minimum absolute atomic E-state index is 0.0768. The van der Waals surface area contributed by atoms with Crippen molar-refractivity contribution in [2.45, 2.75) is 51.8 Å². The number of amides is 3. The fourth-order valence-electron chi connectivity index (χ4n) is 3.13. The topological polar surface area (TPSA) is 159 Å². The first-order chi connectivity index (χ1) is 14.3. The van der Waals surface area contributed by atoms with Crippen LogP contribution in [0, 0.1) is 11.8 Å². The highest BCUT2D eigenvalue weighted by Crippen LogP contribution is 2.16. The highest BCUT2D eigenvalue weighted by molar-refractivity contribution is 5.88. The zero-order chi connectivity index (χ0) is 22.1. The highest BCUT2D eigenvalue weighted by atomic mass is 16.5. The van der Waals surface area contributed by atoms with E-state index in [1.165, 1.54) is 12.3 Å². The van der Waals surface area contributed by atoms with Gasteiger partial charge in [0.25, 0.3) is 0 Å². The lowest BCUT2D eigenvalue weighted by Crippen LogP contribution is -2.51. The summed E-state index contributed by atoms with van der Waals surface area (Å²) in [4.78, 5) is 65.0. The molecule has 11 heteroatoms. The van der Waals surface area contributed by atoms with Crippen molar-refractivity contribution in [3.8, 4) is 0 Å². The van der Waals surface area contributed by atoms with Gasteiger partial charge < -0.3 is 30.5 Å². The Labute approximate surface area is 173 Å². The van der Waals surface area contributed by atoms with E-state index < -0.39 is 29.8 Å². The van der Waals surface area contributed by atoms with Crippen molar-refractivity contribution in [3.63, 3.8) is 0 Å². The number of carbonyl (C=O) groups excluding carboxylic acids is 4. The Morgan fingerprint density at radius 2 is 2.10 bits per heavy atom. The van der Waals surface area contributed by atoms with Crippen molar-refractivity contribution in [1.29, 1.82) is 0 Å². The molecule has 30 heavy (non-hydrogen) atoms. The molecule has 164 valence electrons. The van der Waals surface area contributed by atoms with Crippen LogP contribution in [0.3, 0.4) is 0 Å². The van der Waals surface area contributed by atoms with Crippen molar-refractivity contribution >= 4 is 24.2 Å². The maximum Gasteiger partial charge on any atom is 0.408 e. The first kappa shape index (κ1) is 23.0. The summed E-state index contributed by atoms with van der Waals surface area (Å²) in [5.41, 5.74) is -0.213. The van der Waals surface area contributed by atoms with E-state index in [0.717, 1.165) is 0 Å². The first-order valence-corrected chi connectivity index (χ1v) is 9.79. The fraction of sp³-hybridized carbons (Fsp3) is 0.579. The summed E-state index contributed by atoms with van der Waals surface area (Å²) in [6.07, 6.45) is 2.17. The van der Waals surface area contributed by atoms with Gasteiger partial charge in [-0.25, -0.2) is 14.6 Å². The largest absolute Gasteiger partial charge is 0.443 e. The van der Waals surface area contributed by atoms with E-state index in [1.54, 1.807) is 0 Å². The lowest BCUT2D eigenvalue weighted by molar-refractivity contribution is -0.127. The van der Waals surface area contributed by atoms with Gasteiger partial charge in [-0.3, -0.25) is 9.59 Å². The minimum Gasteiger partial charge on any atom is -0.443 e. The summed E-state index contributed by atoms with van der Waals surface area (Å²) in [6, 6.07) is -0.268. The fourth-order valence-corrected chi connectivity index (χ4v) is 3.13. The third-order valence-electron chi connectivity index (χ3n) is 4.60. The van der Waals surface area contributed by atoms with Crippen molar-refractivity contribution in [1.82, 2.24) is 25.9 Å². The predicted molar refractivity (Wildman–Crippen MR) is 105 cm³/mol. The number of hydrogen-bond donors (Lipinski definition) is 4. The third-order valence-corrected chi connectivity index (χ3v) is 4.60. The number of ether oxygens (including phenoxy) is 1. The van der Waals surface area contributed by atoms with Gasteiger partial charge in [-0.2, -0.15) is 0 Å². The van der Waals surface area contributed by atoms with Crippen molar-refractivity contribution < 1.29 is 23.9 Å². The van der Waals surface area contributed by atoms with Gasteiger partial charge in [-0.05, 0) is 31.2 Å². The summed E-state index contributed by atoms with van der Waals surface area (Å²) in [7, 11) is 0. The van der Waals surface area contributed by atoms with E-state index in [9.17, 15) is 24.0 Å². The average molecular weight is 421 g/mol. The Kier molecular flexibility index (Phi) is 8.51. The smallest absolute Gasteiger partial charge is 0.408 e. The first-order valence-electron chi connectivity index (χ1n) is 9.79. The van der Waals surface area contributed by atoms with Crippen LogP contribution in [0.2, 0.25) is 0 Å². The molecule has 1 aliphatic rings. The summed E-state index contributed by atoms with van der Waals surface area (Å²) in [5.74, 6) is -0.920. The molecule has 0 unspecified atom stereocenters. The number of nitrogens with one attached hydrogen (secondary N) is 4. The summed E-state index contributed by atoms with van der Waals surface area (Å²) < 4.78 is 5.05. The number of hydrogen-bond acceptors (Lipinski definition) is 7. The van der Waals surface area contributed by atoms with Gasteiger partial charge in [0.2, 0.25) is 11.8 Å². The van der Waals surface area contributed by atoms with Gasteiger partial charge in [-0.1, -0.05) is 13.8 Å². The molecule has 0 bridgehead atoms. The molecule has 1 fully saturated rings. The maximum atomic E-state index is 12.7. The van der Waals surface area contributed by atoms with Crippen LogP contribution in [0.4, 0.5) is 4.79 Å². The molecular formula is C19H27N5O6. The number of aldehydes is 1. The number of H-pyrrole nitrogens is 1. The van der Waals surface area contributed by atoms with Crippen LogP contribution in [-0.4, -0.2) is 52.8 Å². The molecule has 3 atom stereocenters. The minimum atomic E-state index is -0.922. The number of carbonyl (C=O) groups is 4. The Balaban J connectivity index is 1.92. The number of nitrogens with zero attached hydrogens (tertiary/aromatic N) is 1. The van der Waals surface area contributed by atoms with Gasteiger partial charge in [-0.15, -0.1) is 0 Å². The normalized spacial score (nSPS) is 17.7. The summed E-state index contributed by atoms with van der Waals surface area (Å²) >= 11 is 0. The Hall–Kier alpha value is -3.24. The lowest BCUT2D eigenvalue weighted by atomic mass is 9.98. The molecule has 0 aliphatic carbocycles.